The maximum absolute atomic E-state index is 5.84. The van der Waals surface area contributed by atoms with Gasteiger partial charge in [0.15, 0.2) is 0 Å². The van der Waals surface area contributed by atoms with Crippen molar-refractivity contribution in [1.29, 1.82) is 0 Å². The summed E-state index contributed by atoms with van der Waals surface area (Å²) in [6.07, 6.45) is 4.78. The van der Waals surface area contributed by atoms with Crippen LogP contribution in [0.4, 0.5) is 0 Å². The molecule has 0 aliphatic carbocycles. The van der Waals surface area contributed by atoms with Crippen LogP contribution in [0, 0.1) is 0 Å². The number of rotatable bonds is 1. The zero-order valence-corrected chi connectivity index (χ0v) is 8.74. The SMILES string of the molecule is Cl.Clc1cncc(C2CCNC2)c1. The highest BCUT2D eigenvalue weighted by Gasteiger charge is 2.16. The topological polar surface area (TPSA) is 24.9 Å². The molecule has 1 saturated heterocycles. The van der Waals surface area contributed by atoms with Crippen molar-refractivity contribution >= 4 is 24.0 Å². The molecule has 1 N–H and O–H groups in total. The fourth-order valence-electron chi connectivity index (χ4n) is 1.59. The first-order valence-corrected chi connectivity index (χ1v) is 4.55. The van der Waals surface area contributed by atoms with Crippen LogP contribution in [0.2, 0.25) is 5.02 Å². The molecule has 72 valence electrons. The molecule has 1 unspecified atom stereocenters. The van der Waals surface area contributed by atoms with Gasteiger partial charge in [0.25, 0.3) is 0 Å². The van der Waals surface area contributed by atoms with Crippen molar-refractivity contribution in [3.8, 4) is 0 Å². The predicted molar refractivity (Wildman–Crippen MR) is 56.7 cm³/mol. The molecule has 0 bridgehead atoms. The molecule has 1 aromatic rings. The first-order valence-electron chi connectivity index (χ1n) is 4.17. The van der Waals surface area contributed by atoms with Crippen LogP contribution in [0.1, 0.15) is 17.9 Å². The smallest absolute Gasteiger partial charge is 0.0592 e. The molecule has 1 atom stereocenters. The third-order valence-electron chi connectivity index (χ3n) is 2.26. The summed E-state index contributed by atoms with van der Waals surface area (Å²) < 4.78 is 0. The van der Waals surface area contributed by atoms with E-state index in [-0.39, 0.29) is 12.4 Å². The second-order valence-electron chi connectivity index (χ2n) is 3.13. The molecule has 1 aromatic heterocycles. The molecule has 0 spiro atoms. The van der Waals surface area contributed by atoms with Crippen molar-refractivity contribution in [3.63, 3.8) is 0 Å². The van der Waals surface area contributed by atoms with Crippen LogP contribution in [0.5, 0.6) is 0 Å². The number of nitrogens with zero attached hydrogens (tertiary/aromatic N) is 1. The summed E-state index contributed by atoms with van der Waals surface area (Å²) in [5, 5.41) is 4.05. The van der Waals surface area contributed by atoms with E-state index in [0.29, 0.717) is 5.92 Å². The van der Waals surface area contributed by atoms with Gasteiger partial charge in [-0.3, -0.25) is 4.98 Å². The van der Waals surface area contributed by atoms with Crippen LogP contribution in [0.15, 0.2) is 18.5 Å². The average molecular weight is 219 g/mol. The average Bonchev–Trinajstić information content (AvgIpc) is 2.56. The maximum Gasteiger partial charge on any atom is 0.0592 e. The largest absolute Gasteiger partial charge is 0.316 e. The minimum atomic E-state index is 0. The third-order valence-corrected chi connectivity index (χ3v) is 2.46. The molecule has 2 rings (SSSR count). The number of halogens is 2. The second kappa shape index (κ2) is 4.80. The second-order valence-corrected chi connectivity index (χ2v) is 3.56. The van der Waals surface area contributed by atoms with Gasteiger partial charge >= 0.3 is 0 Å². The molecule has 0 aromatic carbocycles. The lowest BCUT2D eigenvalue weighted by Crippen LogP contribution is -2.07. The van der Waals surface area contributed by atoms with Gasteiger partial charge in [-0.1, -0.05) is 11.6 Å². The Morgan fingerprint density at radius 2 is 2.31 bits per heavy atom. The Hall–Kier alpha value is -0.310. The summed E-state index contributed by atoms with van der Waals surface area (Å²) in [6, 6.07) is 2.01. The lowest BCUT2D eigenvalue weighted by Gasteiger charge is -2.07. The number of pyridine rings is 1. The first-order chi connectivity index (χ1) is 5.86. The van der Waals surface area contributed by atoms with Gasteiger partial charge in [0.1, 0.15) is 0 Å². The normalized spacial score (nSPS) is 21.2. The summed E-state index contributed by atoms with van der Waals surface area (Å²) in [7, 11) is 0. The molecule has 1 fully saturated rings. The first kappa shape index (κ1) is 10.8. The van der Waals surface area contributed by atoms with E-state index in [1.807, 2.05) is 12.3 Å². The van der Waals surface area contributed by atoms with Crippen LogP contribution < -0.4 is 5.32 Å². The van der Waals surface area contributed by atoms with Gasteiger partial charge < -0.3 is 5.32 Å². The van der Waals surface area contributed by atoms with Crippen molar-refractivity contribution in [2.45, 2.75) is 12.3 Å². The minimum absolute atomic E-state index is 0. The standard InChI is InChI=1S/C9H11ClN2.ClH/c10-9-3-8(5-12-6-9)7-1-2-11-4-7;/h3,5-7,11H,1-2,4H2;1H. The van der Waals surface area contributed by atoms with Crippen LogP contribution >= 0.6 is 24.0 Å². The van der Waals surface area contributed by atoms with E-state index in [1.54, 1.807) is 6.20 Å². The predicted octanol–water partition coefficient (Wildman–Crippen LogP) is 2.23. The van der Waals surface area contributed by atoms with E-state index < -0.39 is 0 Å². The maximum atomic E-state index is 5.84. The zero-order valence-electron chi connectivity index (χ0n) is 7.16. The van der Waals surface area contributed by atoms with Crippen molar-refractivity contribution in [3.05, 3.63) is 29.0 Å². The van der Waals surface area contributed by atoms with E-state index in [0.717, 1.165) is 18.1 Å². The van der Waals surface area contributed by atoms with E-state index in [2.05, 4.69) is 10.3 Å². The van der Waals surface area contributed by atoms with Crippen LogP contribution in [-0.4, -0.2) is 18.1 Å². The summed E-state index contributed by atoms with van der Waals surface area (Å²) in [6.45, 7) is 2.17. The quantitative estimate of drug-likeness (QED) is 0.783. The van der Waals surface area contributed by atoms with Crippen molar-refractivity contribution in [2.24, 2.45) is 0 Å². The van der Waals surface area contributed by atoms with Crippen LogP contribution in [0.25, 0.3) is 0 Å². The molecule has 2 nitrogen and oxygen atoms in total. The number of aromatic nitrogens is 1. The van der Waals surface area contributed by atoms with Gasteiger partial charge in [0.05, 0.1) is 5.02 Å². The highest BCUT2D eigenvalue weighted by atomic mass is 35.5. The molecular weight excluding hydrogens is 207 g/mol. The number of nitrogens with one attached hydrogen (secondary N) is 1. The van der Waals surface area contributed by atoms with Crippen molar-refractivity contribution in [2.75, 3.05) is 13.1 Å². The molecular formula is C9H12Cl2N2. The lowest BCUT2D eigenvalue weighted by molar-refractivity contribution is 0.759. The molecule has 4 heteroatoms. The Balaban J connectivity index is 0.000000845. The summed E-state index contributed by atoms with van der Waals surface area (Å²) in [4.78, 5) is 4.07. The van der Waals surface area contributed by atoms with Crippen molar-refractivity contribution < 1.29 is 0 Å². The number of hydrogen-bond acceptors (Lipinski definition) is 2. The fraction of sp³-hybridized carbons (Fsp3) is 0.444. The van der Waals surface area contributed by atoms with Gasteiger partial charge in [-0.15, -0.1) is 12.4 Å². The molecule has 1 aliphatic heterocycles. The highest BCUT2D eigenvalue weighted by molar-refractivity contribution is 6.30. The molecule has 13 heavy (non-hydrogen) atoms. The van der Waals surface area contributed by atoms with Gasteiger partial charge in [-0.05, 0) is 30.5 Å². The van der Waals surface area contributed by atoms with Gasteiger partial charge in [0, 0.05) is 18.9 Å². The Labute approximate surface area is 89.1 Å². The van der Waals surface area contributed by atoms with E-state index in [9.17, 15) is 0 Å². The molecule has 0 amide bonds. The van der Waals surface area contributed by atoms with Gasteiger partial charge in [-0.2, -0.15) is 0 Å². The summed E-state index contributed by atoms with van der Waals surface area (Å²) in [5.41, 5.74) is 1.26. The highest BCUT2D eigenvalue weighted by Crippen LogP contribution is 2.23. The Bertz CT molecular complexity index is 272. The monoisotopic (exact) mass is 218 g/mol. The summed E-state index contributed by atoms with van der Waals surface area (Å²) in [5.74, 6) is 0.608. The zero-order chi connectivity index (χ0) is 8.39. The Morgan fingerprint density at radius 3 is 2.92 bits per heavy atom. The van der Waals surface area contributed by atoms with E-state index in [1.165, 1.54) is 12.0 Å². The Kier molecular flexibility index (Phi) is 3.97. The fourth-order valence-corrected chi connectivity index (χ4v) is 1.77. The van der Waals surface area contributed by atoms with Gasteiger partial charge in [-0.25, -0.2) is 0 Å². The van der Waals surface area contributed by atoms with E-state index >= 15 is 0 Å². The molecule has 2 heterocycles. The molecule has 1 aliphatic rings. The van der Waals surface area contributed by atoms with Crippen LogP contribution in [-0.2, 0) is 0 Å². The molecule has 0 radical (unpaired) electrons. The molecule has 0 saturated carbocycles. The van der Waals surface area contributed by atoms with Gasteiger partial charge in [0.2, 0.25) is 0 Å². The third kappa shape index (κ3) is 2.56. The van der Waals surface area contributed by atoms with Crippen molar-refractivity contribution in [1.82, 2.24) is 10.3 Å². The van der Waals surface area contributed by atoms with E-state index in [4.69, 9.17) is 11.6 Å². The lowest BCUT2D eigenvalue weighted by atomic mass is 10.0. The Morgan fingerprint density at radius 1 is 1.46 bits per heavy atom. The summed E-state index contributed by atoms with van der Waals surface area (Å²) >= 11 is 5.84. The number of hydrogen-bond donors (Lipinski definition) is 1. The minimum Gasteiger partial charge on any atom is -0.316 e. The van der Waals surface area contributed by atoms with Crippen LogP contribution in [0.3, 0.4) is 0 Å².